The van der Waals surface area contributed by atoms with E-state index in [1.54, 1.807) is 0 Å². The molecule has 3 saturated heterocycles. The van der Waals surface area contributed by atoms with E-state index >= 15 is 0 Å². The van der Waals surface area contributed by atoms with Crippen LogP contribution in [-0.4, -0.2) is 267 Å². The van der Waals surface area contributed by atoms with E-state index in [-0.39, 0.29) is 13.2 Å². The van der Waals surface area contributed by atoms with Crippen molar-refractivity contribution in [2.45, 2.75) is 123 Å². The van der Waals surface area contributed by atoms with Crippen LogP contribution in [0.15, 0.2) is 0 Å². The molecule has 13 unspecified atom stereocenters. The van der Waals surface area contributed by atoms with Gasteiger partial charge in [-0.05, 0) is 0 Å². The fourth-order valence-electron chi connectivity index (χ4n) is 6.42. The lowest BCUT2D eigenvalue weighted by Crippen LogP contribution is -2.67. The maximum absolute atomic E-state index is 11.3. The summed E-state index contributed by atoms with van der Waals surface area (Å²) in [5.41, 5.74) is 0. The summed E-state index contributed by atoms with van der Waals surface area (Å²) < 4.78 is 55.5. The Morgan fingerprint density at radius 2 is 1.18 bits per heavy atom. The molecule has 3 heterocycles. The molecular formula is C31H56O25. The molecule has 3 aliphatic heterocycles. The summed E-state index contributed by atoms with van der Waals surface area (Å²) in [5.74, 6) is -1.93. The van der Waals surface area contributed by atoms with E-state index in [9.17, 15) is 71.2 Å². The van der Waals surface area contributed by atoms with Crippen LogP contribution in [0.5, 0.6) is 0 Å². The predicted octanol–water partition coefficient (Wildman–Crippen LogP) is -9.32. The summed E-state index contributed by atoms with van der Waals surface area (Å²) in [6.45, 7) is -4.58. The molecule has 0 spiro atoms. The maximum Gasteiger partial charge on any atom is 0.335 e. The third kappa shape index (κ3) is 11.6. The summed E-state index contributed by atoms with van der Waals surface area (Å²) in [7, 11) is 2.28. The van der Waals surface area contributed by atoms with Gasteiger partial charge in [0.25, 0.3) is 0 Å². The molecule has 25 nitrogen and oxygen atoms in total. The number of carboxylic acids is 1. The van der Waals surface area contributed by atoms with Gasteiger partial charge in [-0.25, -0.2) is 4.79 Å². The van der Waals surface area contributed by atoms with Gasteiger partial charge in [-0.1, -0.05) is 0 Å². The first-order chi connectivity index (χ1) is 26.6. The van der Waals surface area contributed by atoms with E-state index in [1.807, 2.05) is 0 Å². The highest BCUT2D eigenvalue weighted by molar-refractivity contribution is 5.72. The first kappa shape index (κ1) is 48.9. The van der Waals surface area contributed by atoms with Gasteiger partial charge in [0.05, 0.1) is 52.9 Å². The fraction of sp³-hybridized carbons (Fsp3) is 0.968. The van der Waals surface area contributed by atoms with Crippen LogP contribution in [0, 0.1) is 0 Å². The molecule has 0 saturated carbocycles. The van der Waals surface area contributed by atoms with Gasteiger partial charge in [0.15, 0.2) is 25.0 Å². The molecule has 0 aromatic carbocycles. The summed E-state index contributed by atoms with van der Waals surface area (Å²) in [6, 6.07) is 0. The molecule has 3 rings (SSSR count). The van der Waals surface area contributed by atoms with E-state index in [2.05, 4.69) is 0 Å². The highest BCUT2D eigenvalue weighted by atomic mass is 16.8. The van der Waals surface area contributed by atoms with Gasteiger partial charge in [0.2, 0.25) is 0 Å². The van der Waals surface area contributed by atoms with Crippen LogP contribution in [0.4, 0.5) is 0 Å². The van der Waals surface area contributed by atoms with Crippen molar-refractivity contribution in [2.75, 3.05) is 67.1 Å². The molecule has 0 bridgehead atoms. The fourth-order valence-corrected chi connectivity index (χ4v) is 6.42. The van der Waals surface area contributed by atoms with Gasteiger partial charge in [-0.3, -0.25) is 0 Å². The smallest absolute Gasteiger partial charge is 0.335 e. The first-order valence-electron chi connectivity index (χ1n) is 17.5. The molecule has 3 aliphatic rings. The second kappa shape index (κ2) is 23.4. The lowest BCUT2D eigenvalue weighted by molar-refractivity contribution is -0.385. The van der Waals surface area contributed by atoms with Gasteiger partial charge in [-0.2, -0.15) is 0 Å². The molecular weight excluding hydrogens is 772 g/mol. The summed E-state index contributed by atoms with van der Waals surface area (Å²) in [5, 5.41) is 144. The lowest BCUT2D eigenvalue weighted by atomic mass is 9.95. The molecule has 330 valence electrons. The Hall–Kier alpha value is -1.45. The second-order valence-corrected chi connectivity index (χ2v) is 13.0. The quantitative estimate of drug-likeness (QED) is 0.0425. The standard InChI is InChI=1S/C31H56O25/c1-47-11(7-34)24(16(38)15(37)19(41)28(45)46)54-30-21(43)18(40)26(14(53-30)10-49-5-3-32)55-29-20(42)17(39)25(13(9-36)51-29)56-31-27(50-6-4-33)22(44)23(48-2)12(8-35)52-31/h11-27,29-44H,3-10H2,1-2H3,(H,45,46)/t11?,12?,13?,14?,15?,16?,17?,18?,19-,20?,21?,22?,23-,24?,25-,26-,27?,29+,30+,31+/m0/s1. The molecule has 0 radical (unpaired) electrons. The van der Waals surface area contributed by atoms with Crippen molar-refractivity contribution < 1.29 is 124 Å². The van der Waals surface area contributed by atoms with Crippen LogP contribution in [0.2, 0.25) is 0 Å². The molecule has 0 aromatic heterocycles. The average Bonchev–Trinajstić information content (AvgIpc) is 3.19. The number of carbonyl (C=O) groups is 1. The molecule has 56 heavy (non-hydrogen) atoms. The zero-order chi connectivity index (χ0) is 41.9. The minimum absolute atomic E-state index is 0.288. The molecule has 14 N–H and O–H groups in total. The lowest BCUT2D eigenvalue weighted by Gasteiger charge is -2.49. The number of hydrogen-bond acceptors (Lipinski definition) is 24. The van der Waals surface area contributed by atoms with Gasteiger partial charge >= 0.3 is 5.97 Å². The average molecular weight is 829 g/mol. The third-order valence-corrected chi connectivity index (χ3v) is 9.44. The van der Waals surface area contributed by atoms with Crippen molar-refractivity contribution in [2.24, 2.45) is 0 Å². The van der Waals surface area contributed by atoms with Crippen molar-refractivity contribution in [3.8, 4) is 0 Å². The third-order valence-electron chi connectivity index (χ3n) is 9.44. The summed E-state index contributed by atoms with van der Waals surface area (Å²) >= 11 is 0. The van der Waals surface area contributed by atoms with Crippen molar-refractivity contribution >= 4 is 5.97 Å². The zero-order valence-corrected chi connectivity index (χ0v) is 30.5. The van der Waals surface area contributed by atoms with Crippen molar-refractivity contribution in [3.05, 3.63) is 0 Å². The second-order valence-electron chi connectivity index (χ2n) is 13.0. The SMILES string of the molecule is COC(CO)C(O[C@H]1OC(COCCO)[C@H](O[C@H]2OC(CO)[C@H](O[C@H]3OC(CO)[C@H](OC)C(O)C3OCCO)C(O)C2O)C(O)C1O)C(O)C(O)[C@H](O)C(=O)O. The Morgan fingerprint density at radius 1 is 0.643 bits per heavy atom. The van der Waals surface area contributed by atoms with Crippen LogP contribution >= 0.6 is 0 Å². The number of carboxylic acid groups (broad SMARTS) is 1. The van der Waals surface area contributed by atoms with Crippen LogP contribution in [0.3, 0.4) is 0 Å². The maximum atomic E-state index is 11.3. The van der Waals surface area contributed by atoms with E-state index in [0.717, 1.165) is 7.11 Å². The Balaban J connectivity index is 1.84. The number of methoxy groups -OCH3 is 2. The van der Waals surface area contributed by atoms with Crippen LogP contribution in [0.25, 0.3) is 0 Å². The van der Waals surface area contributed by atoms with Crippen LogP contribution in [0.1, 0.15) is 0 Å². The highest BCUT2D eigenvalue weighted by Gasteiger charge is 2.55. The van der Waals surface area contributed by atoms with Gasteiger partial charge < -0.3 is 119 Å². The van der Waals surface area contributed by atoms with Crippen molar-refractivity contribution in [1.82, 2.24) is 0 Å². The zero-order valence-electron chi connectivity index (χ0n) is 30.5. The number of aliphatic hydroxyl groups is 13. The number of aliphatic carboxylic acids is 1. The van der Waals surface area contributed by atoms with E-state index in [0.29, 0.717) is 0 Å². The monoisotopic (exact) mass is 828 g/mol. The number of aliphatic hydroxyl groups excluding tert-OH is 13. The van der Waals surface area contributed by atoms with Gasteiger partial charge in [-0.15, -0.1) is 0 Å². The Bertz CT molecular complexity index is 1120. The topological polar surface area (TPSA) is 393 Å². The number of ether oxygens (including phenoxy) is 10. The van der Waals surface area contributed by atoms with E-state index in [1.165, 1.54) is 7.11 Å². The molecule has 0 amide bonds. The minimum Gasteiger partial charge on any atom is -0.479 e. The summed E-state index contributed by atoms with van der Waals surface area (Å²) in [4.78, 5) is 11.2. The minimum atomic E-state index is -2.54. The van der Waals surface area contributed by atoms with E-state index < -0.39 is 168 Å². The van der Waals surface area contributed by atoms with E-state index in [4.69, 9.17) is 52.5 Å². The van der Waals surface area contributed by atoms with Crippen molar-refractivity contribution in [1.29, 1.82) is 0 Å². The highest BCUT2D eigenvalue weighted by Crippen LogP contribution is 2.34. The van der Waals surface area contributed by atoms with Crippen LogP contribution in [-0.2, 0) is 52.2 Å². The predicted molar refractivity (Wildman–Crippen MR) is 174 cm³/mol. The van der Waals surface area contributed by atoms with Gasteiger partial charge in [0.1, 0.15) is 97.7 Å². The largest absolute Gasteiger partial charge is 0.479 e. The normalized spacial score (nSPS) is 39.4. The number of rotatable bonds is 23. The Kier molecular flexibility index (Phi) is 20.4. The van der Waals surface area contributed by atoms with Crippen LogP contribution < -0.4 is 0 Å². The van der Waals surface area contributed by atoms with Gasteiger partial charge in [0, 0.05) is 14.2 Å². The number of hydrogen-bond donors (Lipinski definition) is 14. The molecule has 0 aromatic rings. The first-order valence-corrected chi connectivity index (χ1v) is 17.5. The molecule has 0 aliphatic carbocycles. The molecule has 20 atom stereocenters. The Labute approximate surface area is 319 Å². The molecule has 25 heteroatoms. The summed E-state index contributed by atoms with van der Waals surface area (Å²) in [6.07, 6.45) is -36.2. The molecule has 3 fully saturated rings. The Morgan fingerprint density at radius 3 is 1.71 bits per heavy atom. The van der Waals surface area contributed by atoms with Crippen molar-refractivity contribution in [3.63, 3.8) is 0 Å².